The summed E-state index contributed by atoms with van der Waals surface area (Å²) in [7, 11) is 0. The number of aromatic amines is 1. The number of hydrogen-bond donors (Lipinski definition) is 0. The fraction of sp³-hybridized carbons (Fsp3) is 0.250. The Balaban J connectivity index is 0.000000325. The number of halogens is 4. The number of nitrogens with zero attached hydrogens (tertiary/aromatic N) is 2. The Morgan fingerprint density at radius 1 is 0.960 bits per heavy atom. The standard InChI is InChI=1S/C12H4F4N3.C4H8O.Li/c13-6-7(14)9(16)11-10(8(6)15)18-12(19-11)5-3-1-2-4-17-5;1-2-4-5-3-1;/h1-4H;1-4H2;/q-1;;+1/p+1. The average molecular weight is 346 g/mol. The molecule has 1 aromatic carbocycles. The third-order valence-corrected chi connectivity index (χ3v) is 3.43. The topological polar surface area (TPSA) is 50.4 Å². The maximum Gasteiger partial charge on any atom is 1.00 e. The van der Waals surface area contributed by atoms with Crippen molar-refractivity contribution in [2.75, 3.05) is 13.2 Å². The summed E-state index contributed by atoms with van der Waals surface area (Å²) in [6.07, 6.45) is 4.12. The smallest absolute Gasteiger partial charge is 0.428 e. The number of nitrogens with one attached hydrogen (secondary N) is 1. The van der Waals surface area contributed by atoms with Crippen LogP contribution in [0.15, 0.2) is 24.4 Å². The number of pyridine rings is 1. The van der Waals surface area contributed by atoms with Crippen molar-refractivity contribution in [3.05, 3.63) is 47.7 Å². The molecule has 3 heterocycles. The number of benzene rings is 1. The summed E-state index contributed by atoms with van der Waals surface area (Å²) in [5, 5.41) is 0. The molecule has 0 atom stereocenters. The number of aromatic nitrogens is 3. The molecule has 1 aliphatic rings. The Morgan fingerprint density at radius 3 is 2.20 bits per heavy atom. The Morgan fingerprint density at radius 2 is 1.64 bits per heavy atom. The molecule has 3 aromatic rings. The Bertz CT molecular complexity index is 801. The van der Waals surface area contributed by atoms with E-state index in [2.05, 4.69) is 15.0 Å². The number of imidazole rings is 1. The summed E-state index contributed by atoms with van der Waals surface area (Å²) < 4.78 is 58.0. The molecule has 0 amide bonds. The van der Waals surface area contributed by atoms with E-state index in [1.807, 2.05) is 0 Å². The zero-order chi connectivity index (χ0) is 17.1. The summed E-state index contributed by atoms with van der Waals surface area (Å²) >= 11 is 0. The number of hydrogen-bond acceptors (Lipinski definition) is 2. The van der Waals surface area contributed by atoms with Crippen LogP contribution in [0.5, 0.6) is 0 Å². The van der Waals surface area contributed by atoms with Gasteiger partial charge in [-0.1, -0.05) is 0 Å². The number of rotatable bonds is 1. The van der Waals surface area contributed by atoms with E-state index in [1.165, 1.54) is 12.8 Å². The van der Waals surface area contributed by atoms with Crippen LogP contribution in [0.4, 0.5) is 17.6 Å². The van der Waals surface area contributed by atoms with Gasteiger partial charge in [0.15, 0.2) is 29.5 Å². The van der Waals surface area contributed by atoms with Crippen LogP contribution >= 0.6 is 0 Å². The van der Waals surface area contributed by atoms with Crippen molar-refractivity contribution in [1.29, 1.82) is 0 Å². The quantitative estimate of drug-likeness (QED) is 0.270. The first kappa shape index (κ1) is 19.4. The molecule has 0 unspecified atom stereocenters. The summed E-state index contributed by atoms with van der Waals surface area (Å²) in [5.74, 6) is -6.94. The summed E-state index contributed by atoms with van der Waals surface area (Å²) in [6.45, 7) is 2.00. The number of H-pyrrole nitrogens is 1. The van der Waals surface area contributed by atoms with Crippen LogP contribution in [-0.2, 0) is 4.74 Å². The van der Waals surface area contributed by atoms with E-state index in [0.29, 0.717) is 5.69 Å². The van der Waals surface area contributed by atoms with Gasteiger partial charge in [-0.2, -0.15) is 0 Å². The second-order valence-electron chi connectivity index (χ2n) is 5.10. The molecule has 1 N–H and O–H groups in total. The van der Waals surface area contributed by atoms with Gasteiger partial charge < -0.3 is 14.7 Å². The van der Waals surface area contributed by atoms with Crippen LogP contribution < -0.4 is 28.8 Å². The molecule has 126 valence electrons. The zero-order valence-electron chi connectivity index (χ0n) is 13.5. The maximum absolute atomic E-state index is 13.5. The van der Waals surface area contributed by atoms with Crippen molar-refractivity contribution in [1.82, 2.24) is 9.97 Å². The second kappa shape index (κ2) is 8.47. The molecular weight excluding hydrogens is 333 g/mol. The Hall–Kier alpha value is -1.88. The average Bonchev–Trinajstić information content (AvgIpc) is 3.31. The number of fused-ring (bicyclic) bond motifs is 1. The molecule has 1 fully saturated rings. The first-order valence-electron chi connectivity index (χ1n) is 7.31. The Kier molecular flexibility index (Phi) is 6.59. The fourth-order valence-corrected chi connectivity index (χ4v) is 2.21. The van der Waals surface area contributed by atoms with Gasteiger partial charge in [0.05, 0.1) is 0 Å². The molecule has 1 saturated heterocycles. The molecule has 4 nitrogen and oxygen atoms in total. The van der Waals surface area contributed by atoms with Gasteiger partial charge in [-0.25, -0.2) is 22.5 Å². The van der Waals surface area contributed by atoms with E-state index in [-0.39, 0.29) is 24.7 Å². The molecule has 9 heteroatoms. The largest absolute Gasteiger partial charge is 1.00 e. The van der Waals surface area contributed by atoms with Crippen molar-refractivity contribution >= 4 is 11.0 Å². The van der Waals surface area contributed by atoms with Gasteiger partial charge in [0.2, 0.25) is 5.69 Å². The van der Waals surface area contributed by atoms with Crippen LogP contribution in [0.3, 0.4) is 0 Å². The predicted octanol–water partition coefficient (Wildman–Crippen LogP) is 0.0303. The van der Waals surface area contributed by atoms with E-state index in [4.69, 9.17) is 4.74 Å². The van der Waals surface area contributed by atoms with E-state index in [9.17, 15) is 17.6 Å². The van der Waals surface area contributed by atoms with Crippen LogP contribution in [-0.4, -0.2) is 18.2 Å². The van der Waals surface area contributed by atoms with Crippen LogP contribution in [0.25, 0.3) is 22.6 Å². The van der Waals surface area contributed by atoms with E-state index in [0.717, 1.165) is 13.2 Å². The predicted molar refractivity (Wildman–Crippen MR) is 76.9 cm³/mol. The zero-order valence-corrected chi connectivity index (χ0v) is 13.5. The molecule has 0 spiro atoms. The number of ether oxygens (including phenoxy) is 1. The Labute approximate surface area is 152 Å². The van der Waals surface area contributed by atoms with Gasteiger partial charge >= 0.3 is 18.9 Å². The summed E-state index contributed by atoms with van der Waals surface area (Å²) in [6, 6.07) is 4.91. The normalized spacial score (nSPS) is 13.3. The molecule has 0 aliphatic carbocycles. The monoisotopic (exact) mass is 346 g/mol. The van der Waals surface area contributed by atoms with Crippen molar-refractivity contribution in [3.63, 3.8) is 0 Å². The van der Waals surface area contributed by atoms with E-state index >= 15 is 0 Å². The third kappa shape index (κ3) is 4.03. The fourth-order valence-electron chi connectivity index (χ4n) is 2.21. The molecule has 4 rings (SSSR count). The minimum absolute atomic E-state index is 0. The van der Waals surface area contributed by atoms with Crippen molar-refractivity contribution in [3.8, 4) is 11.5 Å². The minimum atomic E-state index is -1.89. The first-order valence-corrected chi connectivity index (χ1v) is 7.31. The van der Waals surface area contributed by atoms with Gasteiger partial charge in [-0.15, -0.1) is 0 Å². The van der Waals surface area contributed by atoms with Crippen molar-refractivity contribution in [2.24, 2.45) is 0 Å². The molecule has 0 bridgehead atoms. The summed E-state index contributed by atoms with van der Waals surface area (Å²) in [4.78, 5) is 10.1. The van der Waals surface area contributed by atoms with Crippen LogP contribution in [0.1, 0.15) is 12.8 Å². The van der Waals surface area contributed by atoms with E-state index < -0.39 is 34.3 Å². The molecule has 25 heavy (non-hydrogen) atoms. The molecule has 2 aromatic heterocycles. The molecular formula is C16H13F4LiN3O+. The van der Waals surface area contributed by atoms with Crippen molar-refractivity contribution in [2.45, 2.75) is 12.8 Å². The van der Waals surface area contributed by atoms with Gasteiger partial charge in [-0.05, 0) is 18.9 Å². The van der Waals surface area contributed by atoms with Crippen LogP contribution in [0.2, 0.25) is 0 Å². The van der Waals surface area contributed by atoms with Crippen LogP contribution in [0, 0.1) is 23.3 Å². The molecule has 0 saturated carbocycles. The third-order valence-electron chi connectivity index (χ3n) is 3.43. The van der Waals surface area contributed by atoms with Gasteiger partial charge in [-0.3, -0.25) is 0 Å². The van der Waals surface area contributed by atoms with Gasteiger partial charge in [0.1, 0.15) is 0 Å². The van der Waals surface area contributed by atoms with Crippen molar-refractivity contribution < 1.29 is 46.1 Å². The first-order chi connectivity index (χ1) is 11.6. The minimum Gasteiger partial charge on any atom is -0.428 e. The van der Waals surface area contributed by atoms with Gasteiger partial charge in [0.25, 0.3) is 0 Å². The maximum atomic E-state index is 13.5. The van der Waals surface area contributed by atoms with E-state index in [1.54, 1.807) is 24.4 Å². The molecule has 1 aliphatic heterocycles. The second-order valence-corrected chi connectivity index (χ2v) is 5.10. The molecule has 0 radical (unpaired) electrons. The summed E-state index contributed by atoms with van der Waals surface area (Å²) in [5.41, 5.74) is -0.898. The van der Waals surface area contributed by atoms with Gasteiger partial charge in [0, 0.05) is 42.2 Å². The SMILES string of the molecule is C1CCOC1.Fc1c(F)c(F)c2[n-]c(-c3cccc[nH+]3)nc2c1F.[Li+].